The molecule has 2 rings (SSSR count). The Bertz CT molecular complexity index is 791. The molecule has 0 fully saturated rings. The van der Waals surface area contributed by atoms with Crippen LogP contribution in [0.15, 0.2) is 60.2 Å². The van der Waals surface area contributed by atoms with Gasteiger partial charge in [0.2, 0.25) is 0 Å². The standard InChI is InChI=1S/C22H24O4/c1-16(14-25-18(3)24)9-10-21-13-20(17(2)23)11-12-22(21)26-15-19-7-5-4-6-8-19/h4-9,11-13H,10,14-15H2,1-3H3/b16-9+. The van der Waals surface area contributed by atoms with E-state index in [0.717, 1.165) is 22.4 Å². The van der Waals surface area contributed by atoms with Gasteiger partial charge < -0.3 is 9.47 Å². The van der Waals surface area contributed by atoms with Crippen LogP contribution in [-0.2, 0) is 22.6 Å². The van der Waals surface area contributed by atoms with E-state index in [9.17, 15) is 9.59 Å². The number of benzene rings is 2. The predicted octanol–water partition coefficient (Wildman–Crippen LogP) is 4.52. The molecule has 2 aromatic carbocycles. The summed E-state index contributed by atoms with van der Waals surface area (Å²) >= 11 is 0. The zero-order valence-corrected chi connectivity index (χ0v) is 15.5. The lowest BCUT2D eigenvalue weighted by molar-refractivity contribution is -0.139. The van der Waals surface area contributed by atoms with Gasteiger partial charge in [0, 0.05) is 12.5 Å². The predicted molar refractivity (Wildman–Crippen MR) is 101 cm³/mol. The van der Waals surface area contributed by atoms with E-state index in [-0.39, 0.29) is 18.4 Å². The van der Waals surface area contributed by atoms with Crippen molar-refractivity contribution in [2.45, 2.75) is 33.8 Å². The lowest BCUT2D eigenvalue weighted by Crippen LogP contribution is -2.03. The second kappa shape index (κ2) is 9.56. The zero-order chi connectivity index (χ0) is 18.9. The Morgan fingerprint density at radius 3 is 2.38 bits per heavy atom. The van der Waals surface area contributed by atoms with Crippen LogP contribution in [0.1, 0.15) is 42.3 Å². The molecule has 0 aliphatic carbocycles. The average molecular weight is 352 g/mol. The number of hydrogen-bond donors (Lipinski definition) is 0. The van der Waals surface area contributed by atoms with Gasteiger partial charge in [0.05, 0.1) is 0 Å². The smallest absolute Gasteiger partial charge is 0.302 e. The van der Waals surface area contributed by atoms with Gasteiger partial charge in [-0.05, 0) is 55.2 Å². The van der Waals surface area contributed by atoms with Gasteiger partial charge in [0.15, 0.2) is 5.78 Å². The highest BCUT2D eigenvalue weighted by Crippen LogP contribution is 2.23. The van der Waals surface area contributed by atoms with Crippen LogP contribution in [0.25, 0.3) is 0 Å². The maximum Gasteiger partial charge on any atom is 0.302 e. The van der Waals surface area contributed by atoms with E-state index in [1.165, 1.54) is 6.92 Å². The van der Waals surface area contributed by atoms with E-state index in [2.05, 4.69) is 0 Å². The molecular formula is C22H24O4. The molecule has 0 aliphatic rings. The molecule has 0 N–H and O–H groups in total. The van der Waals surface area contributed by atoms with Crippen LogP contribution in [0.3, 0.4) is 0 Å². The molecule has 0 bridgehead atoms. The van der Waals surface area contributed by atoms with Crippen molar-refractivity contribution in [1.82, 2.24) is 0 Å². The molecule has 0 radical (unpaired) electrons. The topological polar surface area (TPSA) is 52.6 Å². The first-order valence-electron chi connectivity index (χ1n) is 8.55. The molecule has 0 unspecified atom stereocenters. The first-order valence-corrected chi connectivity index (χ1v) is 8.55. The van der Waals surface area contributed by atoms with Gasteiger partial charge in [-0.1, -0.05) is 36.4 Å². The van der Waals surface area contributed by atoms with Crippen molar-refractivity contribution in [2.24, 2.45) is 0 Å². The van der Waals surface area contributed by atoms with Crippen LogP contribution >= 0.6 is 0 Å². The van der Waals surface area contributed by atoms with Crippen LogP contribution in [0.4, 0.5) is 0 Å². The maximum absolute atomic E-state index is 11.7. The molecule has 26 heavy (non-hydrogen) atoms. The Morgan fingerprint density at radius 2 is 1.73 bits per heavy atom. The highest BCUT2D eigenvalue weighted by atomic mass is 16.5. The molecule has 4 heteroatoms. The molecular weight excluding hydrogens is 328 g/mol. The molecule has 0 saturated carbocycles. The fourth-order valence-corrected chi connectivity index (χ4v) is 2.39. The number of carbonyl (C=O) groups excluding carboxylic acids is 2. The summed E-state index contributed by atoms with van der Waals surface area (Å²) in [5.74, 6) is 0.458. The fourth-order valence-electron chi connectivity index (χ4n) is 2.39. The molecule has 0 heterocycles. The number of ketones is 1. The van der Waals surface area contributed by atoms with E-state index in [4.69, 9.17) is 9.47 Å². The first-order chi connectivity index (χ1) is 12.5. The molecule has 0 aliphatic heterocycles. The minimum Gasteiger partial charge on any atom is -0.489 e. The second-order valence-corrected chi connectivity index (χ2v) is 6.19. The molecule has 4 nitrogen and oxygen atoms in total. The summed E-state index contributed by atoms with van der Waals surface area (Å²) in [6.07, 6.45) is 2.58. The van der Waals surface area contributed by atoms with Crippen molar-refractivity contribution in [1.29, 1.82) is 0 Å². The third-order valence-electron chi connectivity index (χ3n) is 3.88. The molecule has 0 amide bonds. The quantitative estimate of drug-likeness (QED) is 0.398. The zero-order valence-electron chi connectivity index (χ0n) is 15.5. The first kappa shape index (κ1) is 19.4. The highest BCUT2D eigenvalue weighted by molar-refractivity contribution is 5.94. The maximum atomic E-state index is 11.7. The Kier molecular flexibility index (Phi) is 7.15. The van der Waals surface area contributed by atoms with Crippen molar-refractivity contribution in [3.05, 3.63) is 76.9 Å². The molecule has 0 atom stereocenters. The third kappa shape index (κ3) is 6.20. The number of allylic oxidation sites excluding steroid dienone is 1. The van der Waals surface area contributed by atoms with Gasteiger partial charge in [0.25, 0.3) is 0 Å². The minimum atomic E-state index is -0.303. The SMILES string of the molecule is CC(=O)OC/C(C)=C/Cc1cc(C(C)=O)ccc1OCc1ccccc1. The summed E-state index contributed by atoms with van der Waals surface area (Å²) in [6, 6.07) is 15.4. The van der Waals surface area contributed by atoms with Gasteiger partial charge in [-0.3, -0.25) is 9.59 Å². The van der Waals surface area contributed by atoms with Gasteiger partial charge >= 0.3 is 5.97 Å². The van der Waals surface area contributed by atoms with Crippen LogP contribution in [0, 0.1) is 0 Å². The van der Waals surface area contributed by atoms with E-state index >= 15 is 0 Å². The average Bonchev–Trinajstić information content (AvgIpc) is 2.64. The van der Waals surface area contributed by atoms with Crippen molar-refractivity contribution in [2.75, 3.05) is 6.61 Å². The lowest BCUT2D eigenvalue weighted by Gasteiger charge is -2.12. The Hall–Kier alpha value is -2.88. The number of carbonyl (C=O) groups is 2. The Balaban J connectivity index is 2.15. The molecule has 0 spiro atoms. The monoisotopic (exact) mass is 352 g/mol. The Labute approximate surface area is 154 Å². The van der Waals surface area contributed by atoms with Crippen molar-refractivity contribution in [3.63, 3.8) is 0 Å². The van der Waals surface area contributed by atoms with Crippen LogP contribution in [0.5, 0.6) is 5.75 Å². The van der Waals surface area contributed by atoms with Crippen molar-refractivity contribution >= 4 is 11.8 Å². The molecule has 136 valence electrons. The Morgan fingerprint density at radius 1 is 1.00 bits per heavy atom. The highest BCUT2D eigenvalue weighted by Gasteiger charge is 2.08. The number of esters is 1. The van der Waals surface area contributed by atoms with Gasteiger partial charge in [-0.15, -0.1) is 0 Å². The van der Waals surface area contributed by atoms with Crippen molar-refractivity contribution in [3.8, 4) is 5.75 Å². The summed E-state index contributed by atoms with van der Waals surface area (Å²) in [5.41, 5.74) is 3.60. The van der Waals surface area contributed by atoms with Gasteiger partial charge in [-0.25, -0.2) is 0 Å². The summed E-state index contributed by atoms with van der Waals surface area (Å²) in [7, 11) is 0. The van der Waals surface area contributed by atoms with Crippen LogP contribution < -0.4 is 4.74 Å². The van der Waals surface area contributed by atoms with E-state index < -0.39 is 0 Å². The summed E-state index contributed by atoms with van der Waals surface area (Å²) in [5, 5.41) is 0. The van der Waals surface area contributed by atoms with E-state index in [1.807, 2.05) is 55.5 Å². The largest absolute Gasteiger partial charge is 0.489 e. The second-order valence-electron chi connectivity index (χ2n) is 6.19. The van der Waals surface area contributed by atoms with E-state index in [1.54, 1.807) is 13.0 Å². The van der Waals surface area contributed by atoms with Crippen LogP contribution in [-0.4, -0.2) is 18.4 Å². The van der Waals surface area contributed by atoms with Crippen molar-refractivity contribution < 1.29 is 19.1 Å². The molecule has 2 aromatic rings. The summed E-state index contributed by atoms with van der Waals surface area (Å²) < 4.78 is 11.0. The number of ether oxygens (including phenoxy) is 2. The number of hydrogen-bond acceptors (Lipinski definition) is 4. The van der Waals surface area contributed by atoms with Gasteiger partial charge in [-0.2, -0.15) is 0 Å². The third-order valence-corrected chi connectivity index (χ3v) is 3.88. The number of Topliss-reactive ketones (excluding diaryl/α,β-unsaturated/α-hetero) is 1. The lowest BCUT2D eigenvalue weighted by atomic mass is 10.0. The van der Waals surface area contributed by atoms with Crippen LogP contribution in [0.2, 0.25) is 0 Å². The summed E-state index contributed by atoms with van der Waals surface area (Å²) in [4.78, 5) is 22.6. The molecule has 0 saturated heterocycles. The number of rotatable bonds is 8. The molecule has 0 aromatic heterocycles. The minimum absolute atomic E-state index is 0.0153. The van der Waals surface area contributed by atoms with E-state index in [0.29, 0.717) is 18.6 Å². The summed E-state index contributed by atoms with van der Waals surface area (Å²) in [6.45, 7) is 5.57. The fraction of sp³-hybridized carbons (Fsp3) is 0.273. The van der Waals surface area contributed by atoms with Gasteiger partial charge in [0.1, 0.15) is 19.0 Å². The normalized spacial score (nSPS) is 11.1.